The third-order valence-electron chi connectivity index (χ3n) is 4.69. The van der Waals surface area contributed by atoms with Gasteiger partial charge in [-0.3, -0.25) is 14.5 Å². The van der Waals surface area contributed by atoms with E-state index < -0.39 is 5.97 Å². The van der Waals surface area contributed by atoms with E-state index in [1.54, 1.807) is 18.2 Å². The second-order valence-corrected chi connectivity index (χ2v) is 7.11. The van der Waals surface area contributed by atoms with Crippen molar-refractivity contribution in [3.63, 3.8) is 0 Å². The number of ether oxygens (including phenoxy) is 3. The molecule has 2 aromatic carbocycles. The van der Waals surface area contributed by atoms with Crippen LogP contribution >= 0.6 is 0 Å². The number of nitrogens with zero attached hydrogens (tertiary/aromatic N) is 1. The third-order valence-corrected chi connectivity index (χ3v) is 4.69. The highest BCUT2D eigenvalue weighted by molar-refractivity contribution is 6.22. The molecule has 0 fully saturated rings. The molecular weight excluding hydrogens is 362 g/mol. The predicted octanol–water partition coefficient (Wildman–Crippen LogP) is 3.28. The summed E-state index contributed by atoms with van der Waals surface area (Å²) in [5, 5.41) is 0. The first-order valence-electron chi connectivity index (χ1n) is 9.06. The molecule has 144 valence electrons. The third kappa shape index (κ3) is 3.19. The van der Waals surface area contributed by atoms with Crippen molar-refractivity contribution in [2.24, 2.45) is 5.92 Å². The van der Waals surface area contributed by atoms with Gasteiger partial charge < -0.3 is 14.2 Å². The van der Waals surface area contributed by atoms with E-state index in [1.807, 2.05) is 13.8 Å². The second-order valence-electron chi connectivity index (χ2n) is 7.11. The Kier molecular flexibility index (Phi) is 4.50. The molecule has 2 aliphatic heterocycles. The van der Waals surface area contributed by atoms with Crippen molar-refractivity contribution in [2.45, 2.75) is 20.3 Å². The Morgan fingerprint density at radius 1 is 1.04 bits per heavy atom. The van der Waals surface area contributed by atoms with Crippen LogP contribution in [0.3, 0.4) is 0 Å². The first-order valence-corrected chi connectivity index (χ1v) is 9.06. The lowest BCUT2D eigenvalue weighted by atomic mass is 10.1. The zero-order valence-corrected chi connectivity index (χ0v) is 15.6. The Balaban J connectivity index is 1.52. The van der Waals surface area contributed by atoms with E-state index in [9.17, 15) is 14.4 Å². The summed E-state index contributed by atoms with van der Waals surface area (Å²) in [6.45, 7) is 4.55. The minimum atomic E-state index is -0.623. The molecule has 0 spiro atoms. The first kappa shape index (κ1) is 18.0. The minimum absolute atomic E-state index is 0.126. The van der Waals surface area contributed by atoms with E-state index in [0.29, 0.717) is 35.3 Å². The van der Waals surface area contributed by atoms with Crippen LogP contribution in [-0.2, 0) is 0 Å². The molecule has 0 N–H and O–H groups in total. The topological polar surface area (TPSA) is 82.1 Å². The Hall–Kier alpha value is -3.35. The molecular formula is C21H19NO6. The Bertz CT molecular complexity index is 981. The predicted molar refractivity (Wildman–Crippen MR) is 98.8 cm³/mol. The Morgan fingerprint density at radius 3 is 2.57 bits per heavy atom. The van der Waals surface area contributed by atoms with Crippen LogP contribution in [0.15, 0.2) is 36.4 Å². The molecule has 0 aromatic heterocycles. The van der Waals surface area contributed by atoms with Crippen molar-refractivity contribution in [3.05, 3.63) is 53.1 Å². The van der Waals surface area contributed by atoms with Crippen LogP contribution in [0.5, 0.6) is 17.2 Å². The maximum absolute atomic E-state index is 12.6. The van der Waals surface area contributed by atoms with Crippen molar-refractivity contribution >= 4 is 17.8 Å². The molecule has 0 radical (unpaired) electrons. The minimum Gasteiger partial charge on any atom is -0.454 e. The molecule has 2 aliphatic rings. The number of hydrogen-bond acceptors (Lipinski definition) is 6. The zero-order chi connectivity index (χ0) is 19.8. The van der Waals surface area contributed by atoms with Gasteiger partial charge >= 0.3 is 5.97 Å². The summed E-state index contributed by atoms with van der Waals surface area (Å²) in [5.41, 5.74) is 0.741. The van der Waals surface area contributed by atoms with Crippen LogP contribution in [0, 0.1) is 5.92 Å². The van der Waals surface area contributed by atoms with E-state index in [4.69, 9.17) is 14.2 Å². The van der Waals surface area contributed by atoms with E-state index in [0.717, 1.165) is 6.42 Å². The van der Waals surface area contributed by atoms with Gasteiger partial charge in [0.25, 0.3) is 11.8 Å². The van der Waals surface area contributed by atoms with Crippen LogP contribution in [0.1, 0.15) is 51.3 Å². The molecule has 2 amide bonds. The Labute approximate surface area is 161 Å². The molecule has 0 aliphatic carbocycles. The fourth-order valence-electron chi connectivity index (χ4n) is 3.11. The van der Waals surface area contributed by atoms with Crippen molar-refractivity contribution < 1.29 is 28.6 Å². The van der Waals surface area contributed by atoms with Gasteiger partial charge in [-0.1, -0.05) is 13.8 Å². The maximum atomic E-state index is 12.6. The normalized spacial score (nSPS) is 14.6. The summed E-state index contributed by atoms with van der Waals surface area (Å²) in [6.07, 6.45) is 0.727. The lowest BCUT2D eigenvalue weighted by Gasteiger charge is -2.14. The molecule has 0 atom stereocenters. The lowest BCUT2D eigenvalue weighted by molar-refractivity contribution is 0.0647. The highest BCUT2D eigenvalue weighted by Gasteiger charge is 2.35. The van der Waals surface area contributed by atoms with Gasteiger partial charge in [-0.05, 0) is 42.7 Å². The Morgan fingerprint density at radius 2 is 1.79 bits per heavy atom. The highest BCUT2D eigenvalue weighted by Crippen LogP contribution is 2.35. The first-order chi connectivity index (χ1) is 13.4. The average molecular weight is 381 g/mol. The largest absolute Gasteiger partial charge is 0.454 e. The summed E-state index contributed by atoms with van der Waals surface area (Å²) in [6, 6.07) is 9.23. The van der Waals surface area contributed by atoms with Crippen LogP contribution in [-0.4, -0.2) is 36.0 Å². The summed E-state index contributed by atoms with van der Waals surface area (Å²) in [5.74, 6) is 0.438. The lowest BCUT2D eigenvalue weighted by Crippen LogP contribution is -2.31. The second kappa shape index (κ2) is 6.99. The van der Waals surface area contributed by atoms with E-state index in [-0.39, 0.29) is 29.7 Å². The SMILES string of the molecule is CC(C)CCN1C(=O)c2ccc(C(=O)Oc3ccc4c(c3)OCO4)cc2C1=O. The molecule has 0 saturated heterocycles. The van der Waals surface area contributed by atoms with Crippen LogP contribution in [0.4, 0.5) is 0 Å². The number of fused-ring (bicyclic) bond motifs is 2. The number of amides is 2. The number of carbonyl (C=O) groups is 3. The van der Waals surface area contributed by atoms with Gasteiger partial charge in [0, 0.05) is 12.6 Å². The van der Waals surface area contributed by atoms with Crippen molar-refractivity contribution in [1.29, 1.82) is 0 Å². The number of hydrogen-bond donors (Lipinski definition) is 0. The average Bonchev–Trinajstić information content (AvgIpc) is 3.23. The molecule has 7 heteroatoms. The summed E-state index contributed by atoms with van der Waals surface area (Å²) in [4.78, 5) is 38.8. The maximum Gasteiger partial charge on any atom is 0.343 e. The molecule has 0 bridgehead atoms. The zero-order valence-electron chi connectivity index (χ0n) is 15.6. The number of esters is 1. The van der Waals surface area contributed by atoms with Crippen LogP contribution in [0.2, 0.25) is 0 Å². The fourth-order valence-corrected chi connectivity index (χ4v) is 3.11. The van der Waals surface area contributed by atoms with Gasteiger partial charge in [0.2, 0.25) is 6.79 Å². The van der Waals surface area contributed by atoms with E-state index in [2.05, 4.69) is 0 Å². The van der Waals surface area contributed by atoms with Crippen molar-refractivity contribution in [3.8, 4) is 17.2 Å². The molecule has 4 rings (SSSR count). The monoisotopic (exact) mass is 381 g/mol. The fraction of sp³-hybridized carbons (Fsp3) is 0.286. The number of benzene rings is 2. The summed E-state index contributed by atoms with van der Waals surface area (Å²) >= 11 is 0. The van der Waals surface area contributed by atoms with Gasteiger partial charge in [-0.2, -0.15) is 0 Å². The number of carbonyl (C=O) groups excluding carboxylic acids is 3. The molecule has 2 heterocycles. The van der Waals surface area contributed by atoms with Gasteiger partial charge in [-0.15, -0.1) is 0 Å². The molecule has 0 saturated carbocycles. The van der Waals surface area contributed by atoms with Crippen molar-refractivity contribution in [2.75, 3.05) is 13.3 Å². The quantitative estimate of drug-likeness (QED) is 0.449. The van der Waals surface area contributed by atoms with Gasteiger partial charge in [0.1, 0.15) is 5.75 Å². The van der Waals surface area contributed by atoms with Gasteiger partial charge in [-0.25, -0.2) is 4.79 Å². The smallest absolute Gasteiger partial charge is 0.343 e. The van der Waals surface area contributed by atoms with Gasteiger partial charge in [0.15, 0.2) is 11.5 Å². The van der Waals surface area contributed by atoms with Gasteiger partial charge in [0.05, 0.1) is 16.7 Å². The molecule has 28 heavy (non-hydrogen) atoms. The van der Waals surface area contributed by atoms with Crippen molar-refractivity contribution in [1.82, 2.24) is 4.90 Å². The van der Waals surface area contributed by atoms with Crippen LogP contribution in [0.25, 0.3) is 0 Å². The molecule has 0 unspecified atom stereocenters. The standard InChI is InChI=1S/C21H19NO6/c1-12(2)7-8-22-19(23)15-5-3-13(9-16(15)20(22)24)21(25)28-14-4-6-17-18(10-14)27-11-26-17/h3-6,9-10,12H,7-8,11H2,1-2H3. The van der Waals surface area contributed by atoms with E-state index in [1.165, 1.54) is 23.1 Å². The summed E-state index contributed by atoms with van der Waals surface area (Å²) in [7, 11) is 0. The number of rotatable bonds is 5. The molecule has 7 nitrogen and oxygen atoms in total. The highest BCUT2D eigenvalue weighted by atomic mass is 16.7. The van der Waals surface area contributed by atoms with E-state index >= 15 is 0 Å². The number of imide groups is 1. The molecule has 2 aromatic rings. The summed E-state index contributed by atoms with van der Waals surface area (Å²) < 4.78 is 15.9. The van der Waals surface area contributed by atoms with Crippen LogP contribution < -0.4 is 14.2 Å².